The molecule has 188 valence electrons. The van der Waals surface area contributed by atoms with Gasteiger partial charge >= 0.3 is 11.9 Å². The van der Waals surface area contributed by atoms with Crippen molar-refractivity contribution in [2.45, 2.75) is 50.2 Å². The Morgan fingerprint density at radius 1 is 1.03 bits per heavy atom. The summed E-state index contributed by atoms with van der Waals surface area (Å²) >= 11 is 0. The van der Waals surface area contributed by atoms with Crippen LogP contribution in [-0.4, -0.2) is 83.0 Å². The minimum Gasteiger partial charge on any atom is -0.481 e. The molecule has 12 heteroatoms. The van der Waals surface area contributed by atoms with Gasteiger partial charge in [-0.25, -0.2) is 4.79 Å². The van der Waals surface area contributed by atoms with Crippen molar-refractivity contribution in [3.63, 3.8) is 0 Å². The second-order valence-electron chi connectivity index (χ2n) is 7.82. The summed E-state index contributed by atoms with van der Waals surface area (Å²) in [5.74, 6) is -4.88. The molecule has 0 spiro atoms. The number of amides is 3. The number of carbonyl (C=O) groups excluding carboxylic acids is 3. The fourth-order valence-electron chi connectivity index (χ4n) is 3.12. The molecule has 1 aromatic carbocycles. The van der Waals surface area contributed by atoms with Gasteiger partial charge in [0.25, 0.3) is 0 Å². The molecule has 0 bridgehead atoms. The molecule has 8 N–H and O–H groups in total. The molecule has 0 radical (unpaired) electrons. The van der Waals surface area contributed by atoms with Gasteiger partial charge in [0, 0.05) is 13.5 Å². The van der Waals surface area contributed by atoms with E-state index in [0.29, 0.717) is 24.9 Å². The van der Waals surface area contributed by atoms with Gasteiger partial charge in [0.2, 0.25) is 17.7 Å². The smallest absolute Gasteiger partial charge is 0.326 e. The van der Waals surface area contributed by atoms with Crippen LogP contribution in [0.5, 0.6) is 0 Å². The second kappa shape index (κ2) is 14.6. The topological polar surface area (TPSA) is 205 Å². The first kappa shape index (κ1) is 28.5. The van der Waals surface area contributed by atoms with E-state index < -0.39 is 60.8 Å². The monoisotopic (exact) mass is 479 g/mol. The zero-order chi connectivity index (χ0) is 25.7. The van der Waals surface area contributed by atoms with Gasteiger partial charge in [-0.2, -0.15) is 0 Å². The summed E-state index contributed by atoms with van der Waals surface area (Å²) in [5.41, 5.74) is 11.9. The number of hydrogen-bond acceptors (Lipinski definition) is 7. The average molecular weight is 480 g/mol. The lowest BCUT2D eigenvalue weighted by molar-refractivity contribution is -0.148. The van der Waals surface area contributed by atoms with E-state index in [4.69, 9.17) is 16.6 Å². The molecule has 0 aliphatic rings. The molecule has 0 aliphatic carbocycles. The highest BCUT2D eigenvalue weighted by Gasteiger charge is 2.31. The first-order valence-corrected chi connectivity index (χ1v) is 10.8. The van der Waals surface area contributed by atoms with Crippen molar-refractivity contribution in [1.29, 1.82) is 0 Å². The summed E-state index contributed by atoms with van der Waals surface area (Å²) in [4.78, 5) is 61.2. The number of hydrogen-bond donors (Lipinski definition) is 6. The molecule has 34 heavy (non-hydrogen) atoms. The number of nitrogens with zero attached hydrogens (tertiary/aromatic N) is 1. The Morgan fingerprint density at radius 3 is 2.24 bits per heavy atom. The summed E-state index contributed by atoms with van der Waals surface area (Å²) in [5, 5.41) is 22.8. The number of carbonyl (C=O) groups is 5. The number of benzene rings is 1. The number of carboxylic acids is 2. The number of likely N-dealkylation sites (N-methyl/N-ethyl adjacent to an activating group) is 1. The molecule has 3 amide bonds. The molecule has 0 fully saturated rings. The highest BCUT2D eigenvalue weighted by Crippen LogP contribution is 2.10. The maximum atomic E-state index is 12.9. The van der Waals surface area contributed by atoms with Gasteiger partial charge in [-0.15, -0.1) is 0 Å². The highest BCUT2D eigenvalue weighted by molar-refractivity contribution is 5.93. The van der Waals surface area contributed by atoms with Crippen molar-refractivity contribution in [2.24, 2.45) is 11.5 Å². The number of nitrogens with one attached hydrogen (secondary N) is 2. The van der Waals surface area contributed by atoms with E-state index in [-0.39, 0.29) is 6.42 Å². The van der Waals surface area contributed by atoms with E-state index >= 15 is 0 Å². The van der Waals surface area contributed by atoms with Gasteiger partial charge in [-0.3, -0.25) is 19.2 Å². The number of nitrogens with two attached hydrogens (primary N) is 2. The van der Waals surface area contributed by atoms with Crippen LogP contribution in [-0.2, 0) is 30.4 Å². The first-order chi connectivity index (χ1) is 16.1. The van der Waals surface area contributed by atoms with Crippen LogP contribution in [0.25, 0.3) is 0 Å². The van der Waals surface area contributed by atoms with Crippen molar-refractivity contribution in [3.05, 3.63) is 35.9 Å². The van der Waals surface area contributed by atoms with E-state index in [0.717, 1.165) is 11.3 Å². The summed E-state index contributed by atoms with van der Waals surface area (Å²) in [7, 11) is 1.34. The van der Waals surface area contributed by atoms with Crippen LogP contribution in [0, 0.1) is 0 Å². The van der Waals surface area contributed by atoms with E-state index in [2.05, 4.69) is 10.6 Å². The Morgan fingerprint density at radius 2 is 1.68 bits per heavy atom. The van der Waals surface area contributed by atoms with Crippen LogP contribution in [0.15, 0.2) is 30.3 Å². The minimum absolute atomic E-state index is 0.0425. The molecule has 0 aliphatic heterocycles. The normalized spacial score (nSPS) is 13.3. The second-order valence-corrected chi connectivity index (χ2v) is 7.82. The standard InChI is InChI=1S/C22H33N5O7/c1-27(18(28)13-25-20(31)15(24)9-5-6-10-23)17(11-14-7-3-2-4-8-14)21(32)26-16(22(33)34)12-19(29)30/h2-4,7-8,15-17H,5-6,9-13,23-24H2,1H3,(H,25,31)(H,26,32)(H,29,30)(H,33,34)/t15-,16-,17+/m1/s1. The molecular weight excluding hydrogens is 446 g/mol. The predicted octanol–water partition coefficient (Wildman–Crippen LogP) is -1.33. The van der Waals surface area contributed by atoms with Crippen molar-refractivity contribution in [3.8, 4) is 0 Å². The van der Waals surface area contributed by atoms with Crippen LogP contribution >= 0.6 is 0 Å². The Kier molecular flexibility index (Phi) is 12.2. The summed E-state index contributed by atoms with van der Waals surface area (Å²) in [6.45, 7) is 0.0632. The molecule has 0 aromatic heterocycles. The zero-order valence-corrected chi connectivity index (χ0v) is 19.1. The molecule has 0 saturated carbocycles. The summed E-state index contributed by atoms with van der Waals surface area (Å²) in [6.07, 6.45) is 1.01. The molecule has 1 rings (SSSR count). The third-order valence-electron chi connectivity index (χ3n) is 5.15. The molecule has 12 nitrogen and oxygen atoms in total. The lowest BCUT2D eigenvalue weighted by Crippen LogP contribution is -2.55. The summed E-state index contributed by atoms with van der Waals surface area (Å²) < 4.78 is 0. The van der Waals surface area contributed by atoms with Gasteiger partial charge < -0.3 is 37.2 Å². The molecule has 3 atom stereocenters. The van der Waals surface area contributed by atoms with Crippen molar-refractivity contribution >= 4 is 29.7 Å². The third-order valence-corrected chi connectivity index (χ3v) is 5.15. The van der Waals surface area contributed by atoms with Crippen molar-refractivity contribution < 1.29 is 34.2 Å². The molecular formula is C22H33N5O7. The SMILES string of the molecule is CN(C(=O)CNC(=O)[C@H](N)CCCCN)[C@@H](Cc1ccccc1)C(=O)N[C@H](CC(=O)O)C(=O)O. The quantitative estimate of drug-likeness (QED) is 0.165. The number of rotatable bonds is 15. The van der Waals surface area contributed by atoms with Gasteiger partial charge in [0.15, 0.2) is 0 Å². The fraction of sp³-hybridized carbons (Fsp3) is 0.500. The van der Waals surface area contributed by atoms with Gasteiger partial charge in [-0.05, 0) is 24.9 Å². The maximum Gasteiger partial charge on any atom is 0.326 e. The van der Waals surface area contributed by atoms with Crippen LogP contribution in [0.2, 0.25) is 0 Å². The highest BCUT2D eigenvalue weighted by atomic mass is 16.4. The molecule has 0 unspecified atom stereocenters. The first-order valence-electron chi connectivity index (χ1n) is 10.8. The van der Waals surface area contributed by atoms with E-state index in [9.17, 15) is 29.1 Å². The van der Waals surface area contributed by atoms with Crippen molar-refractivity contribution in [2.75, 3.05) is 20.1 Å². The van der Waals surface area contributed by atoms with Gasteiger partial charge in [0.1, 0.15) is 12.1 Å². The van der Waals surface area contributed by atoms with Gasteiger partial charge in [0.05, 0.1) is 19.0 Å². The van der Waals surface area contributed by atoms with Crippen LogP contribution < -0.4 is 22.1 Å². The molecule has 1 aromatic rings. The Hall–Kier alpha value is -3.51. The lowest BCUT2D eigenvalue weighted by atomic mass is 10.0. The van der Waals surface area contributed by atoms with Crippen LogP contribution in [0.3, 0.4) is 0 Å². The van der Waals surface area contributed by atoms with Crippen LogP contribution in [0.1, 0.15) is 31.2 Å². The third kappa shape index (κ3) is 9.96. The van der Waals surface area contributed by atoms with E-state index in [1.165, 1.54) is 7.05 Å². The lowest BCUT2D eigenvalue weighted by Gasteiger charge is -2.29. The van der Waals surface area contributed by atoms with Crippen molar-refractivity contribution in [1.82, 2.24) is 15.5 Å². The zero-order valence-electron chi connectivity index (χ0n) is 19.1. The van der Waals surface area contributed by atoms with Gasteiger partial charge in [-0.1, -0.05) is 36.8 Å². The number of carboxylic acid groups (broad SMARTS) is 2. The molecule has 0 heterocycles. The Balaban J connectivity index is 2.90. The fourth-order valence-corrected chi connectivity index (χ4v) is 3.12. The molecule has 0 saturated heterocycles. The Bertz CT molecular complexity index is 849. The van der Waals surface area contributed by atoms with E-state index in [1.54, 1.807) is 30.3 Å². The number of aliphatic carboxylic acids is 2. The predicted molar refractivity (Wildman–Crippen MR) is 122 cm³/mol. The summed E-state index contributed by atoms with van der Waals surface area (Å²) in [6, 6.07) is 5.08. The Labute approximate surface area is 197 Å². The number of unbranched alkanes of at least 4 members (excludes halogenated alkanes) is 1. The average Bonchev–Trinajstić information content (AvgIpc) is 2.80. The largest absolute Gasteiger partial charge is 0.481 e. The van der Waals surface area contributed by atoms with Crippen LogP contribution in [0.4, 0.5) is 0 Å². The minimum atomic E-state index is -1.67. The maximum absolute atomic E-state index is 12.9. The van der Waals surface area contributed by atoms with E-state index in [1.807, 2.05) is 0 Å².